The Hall–Kier alpha value is -3.86. The Morgan fingerprint density at radius 1 is 0.973 bits per heavy atom. The van der Waals surface area contributed by atoms with Crippen LogP contribution in [0, 0.1) is 13.8 Å². The Morgan fingerprint density at radius 3 is 2.14 bits per heavy atom. The third-order valence-corrected chi connectivity index (χ3v) is 6.75. The largest absolute Gasteiger partial charge is 0.466 e. The summed E-state index contributed by atoms with van der Waals surface area (Å²) in [5.41, 5.74) is -2.23. The lowest BCUT2D eigenvalue weighted by molar-refractivity contribution is -0.203. The third-order valence-electron chi connectivity index (χ3n) is 5.49. The number of halogens is 3. The van der Waals surface area contributed by atoms with Gasteiger partial charge >= 0.3 is 23.8 Å². The SMILES string of the molecule is CCOC(=O)c1c(N[C@](NC(=O)c2ccc(C)cc2)(C(=O)OC)C(F)(F)F)sc(-c2ccccc2)c1C. The van der Waals surface area contributed by atoms with E-state index in [1.807, 2.05) is 0 Å². The van der Waals surface area contributed by atoms with Crippen LogP contribution in [0.2, 0.25) is 0 Å². The summed E-state index contributed by atoms with van der Waals surface area (Å²) < 4.78 is 53.6. The molecule has 7 nitrogen and oxygen atoms in total. The van der Waals surface area contributed by atoms with Gasteiger partial charge in [-0.2, -0.15) is 13.2 Å². The fourth-order valence-corrected chi connectivity index (χ4v) is 4.83. The number of thiophene rings is 1. The monoisotopic (exact) mass is 534 g/mol. The molecule has 1 amide bonds. The fourth-order valence-electron chi connectivity index (χ4n) is 3.58. The first kappa shape index (κ1) is 27.7. The van der Waals surface area contributed by atoms with Gasteiger partial charge in [0.2, 0.25) is 0 Å². The molecule has 0 aliphatic rings. The summed E-state index contributed by atoms with van der Waals surface area (Å²) >= 11 is 0.818. The summed E-state index contributed by atoms with van der Waals surface area (Å²) in [6.45, 7) is 4.84. The van der Waals surface area contributed by atoms with Gasteiger partial charge in [0.05, 0.1) is 19.3 Å². The summed E-state index contributed by atoms with van der Waals surface area (Å²) in [4.78, 5) is 39.0. The molecule has 0 radical (unpaired) electrons. The van der Waals surface area contributed by atoms with Crippen LogP contribution >= 0.6 is 11.3 Å². The molecule has 1 heterocycles. The van der Waals surface area contributed by atoms with Gasteiger partial charge in [0.25, 0.3) is 5.91 Å². The molecule has 0 saturated carbocycles. The van der Waals surface area contributed by atoms with Crippen LogP contribution in [0.25, 0.3) is 10.4 Å². The second-order valence-corrected chi connectivity index (χ2v) is 9.05. The zero-order valence-electron chi connectivity index (χ0n) is 20.5. The predicted octanol–water partition coefficient (Wildman–Crippen LogP) is 5.48. The summed E-state index contributed by atoms with van der Waals surface area (Å²) in [6.07, 6.45) is -5.38. The van der Waals surface area contributed by atoms with Crippen LogP contribution in [-0.2, 0) is 14.3 Å². The van der Waals surface area contributed by atoms with Crippen molar-refractivity contribution in [2.24, 2.45) is 0 Å². The average Bonchev–Trinajstić information content (AvgIpc) is 3.18. The number of anilines is 1. The molecule has 3 aromatic rings. The van der Waals surface area contributed by atoms with Crippen LogP contribution in [0.4, 0.5) is 18.2 Å². The second-order valence-electron chi connectivity index (χ2n) is 8.03. The van der Waals surface area contributed by atoms with Gasteiger partial charge in [0, 0.05) is 10.4 Å². The molecule has 2 N–H and O–H groups in total. The van der Waals surface area contributed by atoms with Crippen molar-refractivity contribution in [2.45, 2.75) is 32.6 Å². The van der Waals surface area contributed by atoms with Gasteiger partial charge < -0.3 is 20.1 Å². The molecule has 11 heteroatoms. The number of esters is 2. The lowest BCUT2D eigenvalue weighted by Gasteiger charge is -2.34. The normalized spacial score (nSPS) is 12.8. The first-order valence-corrected chi connectivity index (χ1v) is 11.9. The number of hydrogen-bond donors (Lipinski definition) is 2. The molecule has 0 saturated heterocycles. The quantitative estimate of drug-likeness (QED) is 0.294. The highest BCUT2D eigenvalue weighted by Gasteiger charge is 2.64. The number of nitrogens with one attached hydrogen (secondary N) is 2. The first-order valence-electron chi connectivity index (χ1n) is 11.1. The number of amides is 1. The molecule has 1 aromatic heterocycles. The van der Waals surface area contributed by atoms with E-state index in [-0.39, 0.29) is 22.7 Å². The molecule has 0 fully saturated rings. The van der Waals surface area contributed by atoms with E-state index in [4.69, 9.17) is 4.74 Å². The van der Waals surface area contributed by atoms with E-state index in [0.717, 1.165) is 24.0 Å². The number of rotatable bonds is 8. The maximum atomic E-state index is 14.7. The summed E-state index contributed by atoms with van der Waals surface area (Å²) in [6, 6.07) is 14.5. The number of carbonyl (C=O) groups excluding carboxylic acids is 3. The average molecular weight is 535 g/mol. The van der Waals surface area contributed by atoms with Crippen molar-refractivity contribution in [1.82, 2.24) is 5.32 Å². The van der Waals surface area contributed by atoms with E-state index >= 15 is 0 Å². The highest BCUT2D eigenvalue weighted by Crippen LogP contribution is 2.43. The van der Waals surface area contributed by atoms with E-state index in [1.165, 1.54) is 12.1 Å². The Balaban J connectivity index is 2.19. The van der Waals surface area contributed by atoms with Gasteiger partial charge in [0.1, 0.15) is 5.00 Å². The van der Waals surface area contributed by atoms with E-state index < -0.39 is 29.7 Å². The first-order chi connectivity index (χ1) is 17.4. The van der Waals surface area contributed by atoms with E-state index in [2.05, 4.69) is 10.1 Å². The van der Waals surface area contributed by atoms with Crippen molar-refractivity contribution < 1.29 is 37.0 Å². The number of hydrogen-bond acceptors (Lipinski definition) is 7. The lowest BCUT2D eigenvalue weighted by Crippen LogP contribution is -2.69. The highest BCUT2D eigenvalue weighted by molar-refractivity contribution is 7.20. The molecule has 2 aromatic carbocycles. The number of carbonyl (C=O) groups is 3. The molecular formula is C26H25F3N2O5S. The van der Waals surface area contributed by atoms with E-state index in [0.29, 0.717) is 16.0 Å². The molecule has 196 valence electrons. The van der Waals surface area contributed by atoms with Crippen LogP contribution in [0.3, 0.4) is 0 Å². The van der Waals surface area contributed by atoms with Gasteiger partial charge in [-0.05, 0) is 44.0 Å². The summed E-state index contributed by atoms with van der Waals surface area (Å²) in [5, 5.41) is 3.58. The summed E-state index contributed by atoms with van der Waals surface area (Å²) in [7, 11) is 0.768. The van der Waals surface area contributed by atoms with Crippen molar-refractivity contribution in [1.29, 1.82) is 0 Å². The smallest absolute Gasteiger partial charge is 0.441 e. The Bertz CT molecular complexity index is 1290. The van der Waals surface area contributed by atoms with Crippen LogP contribution in [0.5, 0.6) is 0 Å². The maximum Gasteiger partial charge on any atom is 0.441 e. The molecular weight excluding hydrogens is 509 g/mol. The van der Waals surface area contributed by atoms with Gasteiger partial charge in [-0.3, -0.25) is 4.79 Å². The van der Waals surface area contributed by atoms with Gasteiger partial charge in [0.15, 0.2) is 0 Å². The Kier molecular flexibility index (Phi) is 8.27. The van der Waals surface area contributed by atoms with Crippen LogP contribution in [0.1, 0.15) is 38.8 Å². The van der Waals surface area contributed by atoms with Crippen molar-refractivity contribution in [3.8, 4) is 10.4 Å². The van der Waals surface area contributed by atoms with Crippen molar-refractivity contribution >= 4 is 34.2 Å². The van der Waals surface area contributed by atoms with Gasteiger partial charge in [-0.1, -0.05) is 48.0 Å². The molecule has 3 rings (SSSR count). The maximum absolute atomic E-state index is 14.7. The van der Waals surface area contributed by atoms with Crippen LogP contribution < -0.4 is 10.6 Å². The molecule has 0 aliphatic heterocycles. The molecule has 0 aliphatic carbocycles. The van der Waals surface area contributed by atoms with Crippen molar-refractivity contribution in [3.63, 3.8) is 0 Å². The minimum absolute atomic E-state index is 0.0280. The number of ether oxygens (including phenoxy) is 2. The fraction of sp³-hybridized carbons (Fsp3) is 0.269. The standard InChI is InChI=1S/C26H25F3N2O5S/c1-5-36-23(33)19-16(3)20(17-9-7-6-8-10-17)37-22(19)31-25(24(34)35-4,26(27,28)29)30-21(32)18-13-11-15(2)12-14-18/h6-14,31H,5H2,1-4H3,(H,30,32)/t25-/m1/s1. The number of aryl methyl sites for hydroxylation is 1. The molecule has 0 spiro atoms. The summed E-state index contributed by atoms with van der Waals surface area (Å²) in [5.74, 6) is -3.88. The zero-order chi connectivity index (χ0) is 27.4. The molecule has 1 atom stereocenters. The van der Waals surface area contributed by atoms with Gasteiger partial charge in [-0.15, -0.1) is 11.3 Å². The topological polar surface area (TPSA) is 93.7 Å². The van der Waals surface area contributed by atoms with Crippen LogP contribution in [0.15, 0.2) is 54.6 Å². The molecule has 0 unspecified atom stereocenters. The number of alkyl halides is 3. The minimum atomic E-state index is -5.38. The zero-order valence-corrected chi connectivity index (χ0v) is 21.3. The predicted molar refractivity (Wildman–Crippen MR) is 134 cm³/mol. The number of benzene rings is 2. The van der Waals surface area contributed by atoms with Crippen molar-refractivity contribution in [2.75, 3.05) is 19.0 Å². The minimum Gasteiger partial charge on any atom is -0.466 e. The lowest BCUT2D eigenvalue weighted by atomic mass is 10.0. The molecule has 37 heavy (non-hydrogen) atoms. The third kappa shape index (κ3) is 5.61. The number of methoxy groups -OCH3 is 1. The molecule has 0 bridgehead atoms. The van der Waals surface area contributed by atoms with Gasteiger partial charge in [-0.25, -0.2) is 9.59 Å². The van der Waals surface area contributed by atoms with E-state index in [9.17, 15) is 27.6 Å². The highest BCUT2D eigenvalue weighted by atomic mass is 32.1. The second kappa shape index (κ2) is 11.0. The van der Waals surface area contributed by atoms with Crippen LogP contribution in [-0.4, -0.2) is 43.4 Å². The Labute approximate surface area is 215 Å². The van der Waals surface area contributed by atoms with Crippen molar-refractivity contribution in [3.05, 3.63) is 76.9 Å². The Morgan fingerprint density at radius 2 is 1.59 bits per heavy atom. The van der Waals surface area contributed by atoms with E-state index in [1.54, 1.807) is 68.6 Å².